The first kappa shape index (κ1) is 16.1. The van der Waals surface area contributed by atoms with Crippen LogP contribution in [0.4, 0.5) is 0 Å². The third-order valence-corrected chi connectivity index (χ3v) is 2.46. The lowest BCUT2D eigenvalue weighted by Gasteiger charge is -2.21. The normalized spacial score (nSPS) is 14.4. The van der Waals surface area contributed by atoms with Gasteiger partial charge in [-0.05, 0) is 19.8 Å². The van der Waals surface area contributed by atoms with Crippen LogP contribution in [-0.4, -0.2) is 30.2 Å². The molecule has 4 nitrogen and oxygen atoms in total. The third-order valence-electron chi connectivity index (χ3n) is 2.46. The quantitative estimate of drug-likeness (QED) is 0.386. The van der Waals surface area contributed by atoms with Crippen LogP contribution < -0.4 is 11.1 Å². The zero-order valence-electron chi connectivity index (χ0n) is 11.8. The van der Waals surface area contributed by atoms with Crippen molar-refractivity contribution in [3.8, 4) is 0 Å². The van der Waals surface area contributed by atoms with Gasteiger partial charge in [0.2, 0.25) is 0 Å². The van der Waals surface area contributed by atoms with Gasteiger partial charge in [0.1, 0.15) is 0 Å². The van der Waals surface area contributed by atoms with Crippen molar-refractivity contribution in [2.75, 3.05) is 6.54 Å². The SMILES string of the molecule is CC(N)=NCCCC(NC(C)C)C(=O)C(C)C. The van der Waals surface area contributed by atoms with Gasteiger partial charge in [0.25, 0.3) is 0 Å². The van der Waals surface area contributed by atoms with E-state index in [-0.39, 0.29) is 17.7 Å². The van der Waals surface area contributed by atoms with Crippen molar-refractivity contribution in [1.29, 1.82) is 0 Å². The maximum Gasteiger partial charge on any atom is 0.152 e. The topological polar surface area (TPSA) is 67.5 Å². The number of aliphatic imine (C=N–C) groups is 1. The van der Waals surface area contributed by atoms with E-state index in [0.717, 1.165) is 12.8 Å². The molecule has 0 fully saturated rings. The summed E-state index contributed by atoms with van der Waals surface area (Å²) < 4.78 is 0. The molecule has 3 N–H and O–H groups in total. The number of rotatable bonds is 8. The smallest absolute Gasteiger partial charge is 0.152 e. The van der Waals surface area contributed by atoms with Gasteiger partial charge in [-0.25, -0.2) is 0 Å². The zero-order valence-corrected chi connectivity index (χ0v) is 11.8. The number of Topliss-reactive ketones (excluding diaryl/α,β-unsaturated/α-hetero) is 1. The fraction of sp³-hybridized carbons (Fsp3) is 0.846. The van der Waals surface area contributed by atoms with Crippen LogP contribution >= 0.6 is 0 Å². The number of carbonyl (C=O) groups excluding carboxylic acids is 1. The molecule has 0 heterocycles. The molecule has 0 saturated carbocycles. The molecule has 1 unspecified atom stereocenters. The molecule has 0 bridgehead atoms. The summed E-state index contributed by atoms with van der Waals surface area (Å²) in [6, 6.07) is 0.269. The molecular formula is C13H27N3O. The van der Waals surface area contributed by atoms with Gasteiger partial charge in [-0.1, -0.05) is 27.7 Å². The first-order valence-electron chi connectivity index (χ1n) is 6.40. The summed E-state index contributed by atoms with van der Waals surface area (Å²) in [7, 11) is 0. The van der Waals surface area contributed by atoms with Crippen LogP contribution in [0.2, 0.25) is 0 Å². The Bertz CT molecular complexity index is 255. The van der Waals surface area contributed by atoms with Gasteiger partial charge in [0.05, 0.1) is 11.9 Å². The molecule has 4 heteroatoms. The van der Waals surface area contributed by atoms with E-state index < -0.39 is 0 Å². The molecule has 0 aliphatic carbocycles. The largest absolute Gasteiger partial charge is 0.388 e. The number of ketones is 1. The number of nitrogens with one attached hydrogen (secondary N) is 1. The van der Waals surface area contributed by atoms with Crippen LogP contribution in [0.25, 0.3) is 0 Å². The van der Waals surface area contributed by atoms with Crippen LogP contribution in [0.3, 0.4) is 0 Å². The maximum absolute atomic E-state index is 12.0. The summed E-state index contributed by atoms with van der Waals surface area (Å²) in [5.41, 5.74) is 5.47. The van der Waals surface area contributed by atoms with Crippen molar-refractivity contribution in [1.82, 2.24) is 5.32 Å². The molecule has 0 aromatic rings. The maximum atomic E-state index is 12.0. The highest BCUT2D eigenvalue weighted by atomic mass is 16.1. The Morgan fingerprint density at radius 3 is 2.29 bits per heavy atom. The van der Waals surface area contributed by atoms with E-state index in [4.69, 9.17) is 5.73 Å². The molecule has 0 amide bonds. The van der Waals surface area contributed by atoms with Crippen molar-refractivity contribution >= 4 is 11.6 Å². The summed E-state index contributed by atoms with van der Waals surface area (Å²) in [6.07, 6.45) is 1.71. The number of amidine groups is 1. The van der Waals surface area contributed by atoms with Crippen molar-refractivity contribution in [2.45, 2.75) is 59.5 Å². The molecule has 100 valence electrons. The van der Waals surface area contributed by atoms with Crippen LogP contribution in [0.15, 0.2) is 4.99 Å². The Hall–Kier alpha value is -0.900. The van der Waals surface area contributed by atoms with Crippen molar-refractivity contribution in [2.24, 2.45) is 16.6 Å². The van der Waals surface area contributed by atoms with E-state index in [1.165, 1.54) is 0 Å². The monoisotopic (exact) mass is 241 g/mol. The second-order valence-corrected chi connectivity index (χ2v) is 5.10. The minimum atomic E-state index is -0.0525. The Balaban J connectivity index is 4.20. The lowest BCUT2D eigenvalue weighted by Crippen LogP contribution is -2.42. The molecule has 0 aromatic carbocycles. The number of carbonyl (C=O) groups is 1. The predicted molar refractivity (Wildman–Crippen MR) is 73.3 cm³/mol. The van der Waals surface area contributed by atoms with E-state index in [1.54, 1.807) is 6.92 Å². The van der Waals surface area contributed by atoms with Crippen molar-refractivity contribution in [3.05, 3.63) is 0 Å². The van der Waals surface area contributed by atoms with Crippen LogP contribution in [0, 0.1) is 5.92 Å². The molecule has 17 heavy (non-hydrogen) atoms. The van der Waals surface area contributed by atoms with Crippen LogP contribution in [-0.2, 0) is 4.79 Å². The lowest BCUT2D eigenvalue weighted by atomic mass is 9.97. The average molecular weight is 241 g/mol. The van der Waals surface area contributed by atoms with Gasteiger partial charge < -0.3 is 11.1 Å². The highest BCUT2D eigenvalue weighted by Gasteiger charge is 2.20. The van der Waals surface area contributed by atoms with Crippen LogP contribution in [0.1, 0.15) is 47.5 Å². The molecule has 0 aliphatic rings. The highest BCUT2D eigenvalue weighted by Crippen LogP contribution is 2.07. The molecule has 0 saturated heterocycles. The van der Waals surface area contributed by atoms with E-state index >= 15 is 0 Å². The Morgan fingerprint density at radius 2 is 1.88 bits per heavy atom. The second kappa shape index (κ2) is 8.23. The molecular weight excluding hydrogens is 214 g/mol. The molecule has 1 atom stereocenters. The van der Waals surface area contributed by atoms with E-state index in [2.05, 4.69) is 24.2 Å². The minimum Gasteiger partial charge on any atom is -0.388 e. The average Bonchev–Trinajstić information content (AvgIpc) is 2.20. The summed E-state index contributed by atoms with van der Waals surface area (Å²) in [5.74, 6) is 0.965. The summed E-state index contributed by atoms with van der Waals surface area (Å²) in [5, 5.41) is 3.32. The van der Waals surface area contributed by atoms with E-state index in [0.29, 0.717) is 18.4 Å². The Kier molecular flexibility index (Phi) is 7.79. The predicted octanol–water partition coefficient (Wildman–Crippen LogP) is 1.74. The Labute approximate surface area is 105 Å². The van der Waals surface area contributed by atoms with E-state index in [1.807, 2.05) is 13.8 Å². The fourth-order valence-corrected chi connectivity index (χ4v) is 1.66. The third kappa shape index (κ3) is 7.91. The van der Waals surface area contributed by atoms with Gasteiger partial charge in [0.15, 0.2) is 5.78 Å². The van der Waals surface area contributed by atoms with Crippen molar-refractivity contribution < 1.29 is 4.79 Å². The number of hydrogen-bond donors (Lipinski definition) is 2. The van der Waals surface area contributed by atoms with Gasteiger partial charge in [-0.3, -0.25) is 9.79 Å². The summed E-state index contributed by atoms with van der Waals surface area (Å²) in [4.78, 5) is 16.1. The summed E-state index contributed by atoms with van der Waals surface area (Å²) >= 11 is 0. The first-order chi connectivity index (χ1) is 7.84. The van der Waals surface area contributed by atoms with Crippen molar-refractivity contribution in [3.63, 3.8) is 0 Å². The molecule has 0 radical (unpaired) electrons. The van der Waals surface area contributed by atoms with Gasteiger partial charge in [-0.2, -0.15) is 0 Å². The molecule has 0 rings (SSSR count). The van der Waals surface area contributed by atoms with Gasteiger partial charge >= 0.3 is 0 Å². The highest BCUT2D eigenvalue weighted by molar-refractivity contribution is 5.85. The van der Waals surface area contributed by atoms with E-state index in [9.17, 15) is 4.79 Å². The van der Waals surface area contributed by atoms with Gasteiger partial charge in [0, 0.05) is 18.5 Å². The number of nitrogens with zero attached hydrogens (tertiary/aromatic N) is 1. The molecule has 0 aliphatic heterocycles. The second-order valence-electron chi connectivity index (χ2n) is 5.10. The standard InChI is InChI=1S/C13H27N3O/c1-9(2)13(17)12(16-10(3)4)7-6-8-15-11(5)14/h9-10,12,16H,6-8H2,1-5H3,(H2,14,15). The molecule has 0 spiro atoms. The zero-order chi connectivity index (χ0) is 13.4. The number of nitrogens with two attached hydrogens (primary N) is 1. The minimum absolute atomic E-state index is 0.0525. The van der Waals surface area contributed by atoms with Gasteiger partial charge in [-0.15, -0.1) is 0 Å². The summed E-state index contributed by atoms with van der Waals surface area (Å²) in [6.45, 7) is 10.5. The lowest BCUT2D eigenvalue weighted by molar-refractivity contribution is -0.124. The number of hydrogen-bond acceptors (Lipinski definition) is 3. The fourth-order valence-electron chi connectivity index (χ4n) is 1.66. The molecule has 0 aromatic heterocycles. The Morgan fingerprint density at radius 1 is 1.29 bits per heavy atom. The first-order valence-corrected chi connectivity index (χ1v) is 6.40. The van der Waals surface area contributed by atoms with Crippen LogP contribution in [0.5, 0.6) is 0 Å².